The van der Waals surface area contributed by atoms with E-state index >= 15 is 0 Å². The number of rotatable bonds is 2. The van der Waals surface area contributed by atoms with Crippen LogP contribution in [-0.4, -0.2) is 55.2 Å². The Labute approximate surface area is 123 Å². The van der Waals surface area contributed by atoms with Gasteiger partial charge in [-0.25, -0.2) is 9.78 Å². The van der Waals surface area contributed by atoms with Crippen LogP contribution in [0.25, 0.3) is 0 Å². The van der Waals surface area contributed by atoms with Gasteiger partial charge in [0.2, 0.25) is 0 Å². The van der Waals surface area contributed by atoms with Crippen LogP contribution >= 0.6 is 11.3 Å². The van der Waals surface area contributed by atoms with Crippen LogP contribution in [0, 0.1) is 6.92 Å². The van der Waals surface area contributed by atoms with Gasteiger partial charge in [-0.15, -0.1) is 11.3 Å². The van der Waals surface area contributed by atoms with Gasteiger partial charge in [0.25, 0.3) is 0 Å². The number of thiazole rings is 1. The summed E-state index contributed by atoms with van der Waals surface area (Å²) in [4.78, 5) is 22.1. The normalized spacial score (nSPS) is 23.5. The van der Waals surface area contributed by atoms with Crippen molar-refractivity contribution in [2.45, 2.75) is 32.2 Å². The first-order valence-electron chi connectivity index (χ1n) is 7.24. The van der Waals surface area contributed by atoms with Crippen LogP contribution in [0.15, 0.2) is 0 Å². The van der Waals surface area contributed by atoms with Crippen molar-refractivity contribution in [1.82, 2.24) is 9.88 Å². The number of hydrogen-bond donors (Lipinski definition) is 0. The topological polar surface area (TPSA) is 45.7 Å². The molecule has 3 rings (SSSR count). The summed E-state index contributed by atoms with van der Waals surface area (Å²) in [5.41, 5.74) is 0.472. The molecule has 0 N–H and O–H groups in total. The van der Waals surface area contributed by atoms with Gasteiger partial charge in [-0.2, -0.15) is 0 Å². The van der Waals surface area contributed by atoms with Crippen LogP contribution in [0.1, 0.15) is 34.6 Å². The van der Waals surface area contributed by atoms with Crippen LogP contribution in [0.4, 0.5) is 5.13 Å². The minimum Gasteiger partial charge on any atom is -0.464 e. The second kappa shape index (κ2) is 5.69. The molecule has 0 saturated carbocycles. The van der Waals surface area contributed by atoms with Crippen molar-refractivity contribution in [2.24, 2.45) is 0 Å². The summed E-state index contributed by atoms with van der Waals surface area (Å²) < 4.78 is 4.79. The van der Waals surface area contributed by atoms with Gasteiger partial charge >= 0.3 is 5.97 Å². The van der Waals surface area contributed by atoms with E-state index in [1.54, 1.807) is 11.3 Å². The minimum absolute atomic E-state index is 0.331. The van der Waals surface area contributed by atoms with Crippen LogP contribution in [0.5, 0.6) is 0 Å². The number of aromatic nitrogens is 1. The zero-order valence-electron chi connectivity index (χ0n) is 12.1. The predicted molar refractivity (Wildman–Crippen MR) is 79.6 cm³/mol. The quantitative estimate of drug-likeness (QED) is 0.780. The number of methoxy groups -OCH3 is 1. The van der Waals surface area contributed by atoms with E-state index in [-0.39, 0.29) is 5.97 Å². The van der Waals surface area contributed by atoms with Gasteiger partial charge in [0.05, 0.1) is 7.11 Å². The maximum Gasteiger partial charge on any atom is 0.357 e. The molecule has 0 aliphatic carbocycles. The van der Waals surface area contributed by atoms with Gasteiger partial charge in [-0.3, -0.25) is 4.90 Å². The fourth-order valence-corrected chi connectivity index (χ4v) is 4.12. The number of carbonyl (C=O) groups excluding carboxylic acids is 1. The fourth-order valence-electron chi connectivity index (χ4n) is 3.18. The van der Waals surface area contributed by atoms with Crippen molar-refractivity contribution in [3.8, 4) is 0 Å². The lowest BCUT2D eigenvalue weighted by atomic mass is 10.2. The number of fused-ring (bicyclic) bond motifs is 1. The van der Waals surface area contributed by atoms with Gasteiger partial charge in [-0.1, -0.05) is 0 Å². The smallest absolute Gasteiger partial charge is 0.357 e. The molecule has 110 valence electrons. The number of aryl methyl sites for hydroxylation is 1. The Hall–Kier alpha value is -1.14. The average Bonchev–Trinajstić information content (AvgIpc) is 2.99. The molecule has 1 aromatic rings. The zero-order valence-corrected chi connectivity index (χ0v) is 12.9. The summed E-state index contributed by atoms with van der Waals surface area (Å²) in [5, 5.41) is 0.969. The Morgan fingerprint density at radius 2 is 2.15 bits per heavy atom. The van der Waals surface area contributed by atoms with Crippen molar-refractivity contribution in [1.29, 1.82) is 0 Å². The third kappa shape index (κ3) is 2.54. The van der Waals surface area contributed by atoms with Crippen molar-refractivity contribution < 1.29 is 9.53 Å². The highest BCUT2D eigenvalue weighted by molar-refractivity contribution is 7.15. The van der Waals surface area contributed by atoms with Crippen molar-refractivity contribution in [2.75, 3.05) is 38.2 Å². The van der Waals surface area contributed by atoms with E-state index in [1.165, 1.54) is 39.5 Å². The molecule has 2 fully saturated rings. The van der Waals surface area contributed by atoms with E-state index < -0.39 is 0 Å². The molecular weight excluding hydrogens is 274 g/mol. The van der Waals surface area contributed by atoms with E-state index in [0.717, 1.165) is 23.1 Å². The molecule has 0 amide bonds. The first kappa shape index (κ1) is 13.8. The molecule has 0 radical (unpaired) electrons. The Balaban J connectivity index is 1.79. The molecule has 3 heterocycles. The summed E-state index contributed by atoms with van der Waals surface area (Å²) in [6.45, 7) is 6.43. The largest absolute Gasteiger partial charge is 0.464 e. The van der Waals surface area contributed by atoms with Crippen LogP contribution in [0.2, 0.25) is 0 Å². The maximum absolute atomic E-state index is 11.7. The molecule has 0 aromatic carbocycles. The SMILES string of the molecule is COC(=O)c1nc(N2CCCN3CCCC3C2)sc1C. The van der Waals surface area contributed by atoms with Crippen LogP contribution < -0.4 is 4.90 Å². The molecule has 2 aliphatic heterocycles. The van der Waals surface area contributed by atoms with E-state index in [4.69, 9.17) is 4.74 Å². The monoisotopic (exact) mass is 295 g/mol. The minimum atomic E-state index is -0.331. The second-order valence-electron chi connectivity index (χ2n) is 5.52. The number of nitrogens with zero attached hydrogens (tertiary/aromatic N) is 3. The van der Waals surface area contributed by atoms with Crippen molar-refractivity contribution >= 4 is 22.4 Å². The molecule has 0 bridgehead atoms. The standard InChI is InChI=1S/C14H21N3O2S/c1-10-12(13(18)19-2)15-14(20-10)17-8-4-7-16-6-3-5-11(16)9-17/h11H,3-9H2,1-2H3. The van der Waals surface area contributed by atoms with Gasteiger partial charge in [-0.05, 0) is 32.7 Å². The van der Waals surface area contributed by atoms with Crippen LogP contribution in [0.3, 0.4) is 0 Å². The molecule has 5 nitrogen and oxygen atoms in total. The Morgan fingerprint density at radius 1 is 1.35 bits per heavy atom. The lowest BCUT2D eigenvalue weighted by molar-refractivity contribution is 0.0594. The highest BCUT2D eigenvalue weighted by Crippen LogP contribution is 2.30. The lowest BCUT2D eigenvalue weighted by Gasteiger charge is -2.25. The Kier molecular flexibility index (Phi) is 3.94. The Morgan fingerprint density at radius 3 is 2.95 bits per heavy atom. The van der Waals surface area contributed by atoms with Gasteiger partial charge in [0, 0.05) is 30.6 Å². The molecular formula is C14H21N3O2S. The molecule has 20 heavy (non-hydrogen) atoms. The Bertz CT molecular complexity index is 503. The van der Waals surface area contributed by atoms with Gasteiger partial charge in [0.1, 0.15) is 0 Å². The third-order valence-corrected chi connectivity index (χ3v) is 5.27. The second-order valence-corrected chi connectivity index (χ2v) is 6.71. The summed E-state index contributed by atoms with van der Waals surface area (Å²) in [7, 11) is 1.41. The summed E-state index contributed by atoms with van der Waals surface area (Å²) >= 11 is 1.60. The van der Waals surface area contributed by atoms with Crippen molar-refractivity contribution in [3.63, 3.8) is 0 Å². The first-order valence-corrected chi connectivity index (χ1v) is 8.05. The summed E-state index contributed by atoms with van der Waals surface area (Å²) in [6.07, 6.45) is 3.76. The summed E-state index contributed by atoms with van der Waals surface area (Å²) in [5.74, 6) is -0.331. The average molecular weight is 295 g/mol. The fraction of sp³-hybridized carbons (Fsp3) is 0.714. The highest BCUT2D eigenvalue weighted by Gasteiger charge is 2.30. The molecule has 1 unspecified atom stereocenters. The molecule has 6 heteroatoms. The highest BCUT2D eigenvalue weighted by atomic mass is 32.1. The van der Waals surface area contributed by atoms with Crippen molar-refractivity contribution in [3.05, 3.63) is 10.6 Å². The van der Waals surface area contributed by atoms with E-state index in [9.17, 15) is 4.79 Å². The summed E-state index contributed by atoms with van der Waals surface area (Å²) in [6, 6.07) is 0.656. The number of hydrogen-bond acceptors (Lipinski definition) is 6. The molecule has 1 atom stereocenters. The number of carbonyl (C=O) groups is 1. The number of esters is 1. The number of ether oxygens (including phenoxy) is 1. The number of anilines is 1. The molecule has 2 saturated heterocycles. The lowest BCUT2D eigenvalue weighted by Crippen LogP contribution is -2.36. The van der Waals surface area contributed by atoms with Gasteiger partial charge < -0.3 is 9.64 Å². The van der Waals surface area contributed by atoms with E-state index in [2.05, 4.69) is 14.8 Å². The molecule has 0 spiro atoms. The third-order valence-electron chi connectivity index (χ3n) is 4.24. The zero-order chi connectivity index (χ0) is 14.1. The molecule has 1 aromatic heterocycles. The molecule has 2 aliphatic rings. The maximum atomic E-state index is 11.7. The van der Waals surface area contributed by atoms with E-state index in [0.29, 0.717) is 11.7 Å². The van der Waals surface area contributed by atoms with E-state index in [1.807, 2.05) is 6.92 Å². The van der Waals surface area contributed by atoms with Crippen LogP contribution in [-0.2, 0) is 4.74 Å². The first-order chi connectivity index (χ1) is 9.69. The van der Waals surface area contributed by atoms with Gasteiger partial charge in [0.15, 0.2) is 10.8 Å². The predicted octanol–water partition coefficient (Wildman–Crippen LogP) is 1.91.